The van der Waals surface area contributed by atoms with Crippen LogP contribution in [-0.4, -0.2) is 41.8 Å². The highest BCUT2D eigenvalue weighted by Gasteiger charge is 2.41. The highest BCUT2D eigenvalue weighted by molar-refractivity contribution is 5.74. The Labute approximate surface area is 92.2 Å². The first-order valence-corrected chi connectivity index (χ1v) is 5.31. The molecule has 0 amide bonds. The zero-order valence-corrected chi connectivity index (χ0v) is 9.18. The molecule has 0 aromatic heterocycles. The van der Waals surface area contributed by atoms with Crippen molar-refractivity contribution in [1.82, 2.24) is 4.90 Å². The molecule has 6 heteroatoms. The Morgan fingerprint density at radius 2 is 1.88 bits per heavy atom. The van der Waals surface area contributed by atoms with Crippen molar-refractivity contribution in [2.24, 2.45) is 5.41 Å². The summed E-state index contributed by atoms with van der Waals surface area (Å²) in [6.45, 7) is 1.25. The summed E-state index contributed by atoms with van der Waals surface area (Å²) in [6.07, 6.45) is -3.12. The molecule has 0 aromatic carbocycles. The maximum Gasteiger partial charge on any atom is 0.401 e. The van der Waals surface area contributed by atoms with E-state index in [2.05, 4.69) is 0 Å². The Bertz CT molecular complexity index is 257. The first kappa shape index (κ1) is 13.3. The van der Waals surface area contributed by atoms with Gasteiger partial charge in [0.05, 0.1) is 12.0 Å². The minimum absolute atomic E-state index is 0.208. The normalized spacial score (nSPS) is 22.0. The Balaban J connectivity index is 2.53. The van der Waals surface area contributed by atoms with Gasteiger partial charge in [-0.25, -0.2) is 0 Å². The fraction of sp³-hybridized carbons (Fsp3) is 0.900. The van der Waals surface area contributed by atoms with Crippen LogP contribution >= 0.6 is 0 Å². The average molecular weight is 239 g/mol. The second kappa shape index (κ2) is 4.61. The quantitative estimate of drug-likeness (QED) is 0.820. The summed E-state index contributed by atoms with van der Waals surface area (Å²) in [4.78, 5) is 12.3. The summed E-state index contributed by atoms with van der Waals surface area (Å²) in [5.41, 5.74) is -0.817. The van der Waals surface area contributed by atoms with Crippen LogP contribution in [0, 0.1) is 5.41 Å². The molecule has 1 saturated heterocycles. The van der Waals surface area contributed by atoms with Crippen LogP contribution < -0.4 is 0 Å². The monoisotopic (exact) mass is 239 g/mol. The van der Waals surface area contributed by atoms with Gasteiger partial charge in [0.25, 0.3) is 0 Å². The molecule has 1 heterocycles. The van der Waals surface area contributed by atoms with Crippen LogP contribution in [0.3, 0.4) is 0 Å². The third-order valence-corrected chi connectivity index (χ3v) is 3.35. The van der Waals surface area contributed by atoms with Crippen molar-refractivity contribution < 1.29 is 23.1 Å². The topological polar surface area (TPSA) is 40.5 Å². The summed E-state index contributed by atoms with van der Waals surface area (Å²) >= 11 is 0. The molecule has 3 nitrogen and oxygen atoms in total. The van der Waals surface area contributed by atoms with Gasteiger partial charge in [-0.3, -0.25) is 9.69 Å². The average Bonchev–Trinajstić information content (AvgIpc) is 2.16. The number of carbonyl (C=O) groups is 1. The predicted molar refractivity (Wildman–Crippen MR) is 52.1 cm³/mol. The zero-order chi connectivity index (χ0) is 12.4. The van der Waals surface area contributed by atoms with E-state index >= 15 is 0 Å². The zero-order valence-electron chi connectivity index (χ0n) is 9.18. The van der Waals surface area contributed by atoms with Crippen LogP contribution in [-0.2, 0) is 4.79 Å². The molecule has 0 aliphatic carbocycles. The van der Waals surface area contributed by atoms with Gasteiger partial charge in [0.15, 0.2) is 0 Å². The molecule has 1 N–H and O–H groups in total. The van der Waals surface area contributed by atoms with Crippen molar-refractivity contribution in [3.8, 4) is 0 Å². The van der Waals surface area contributed by atoms with Crippen LogP contribution in [0.5, 0.6) is 0 Å². The van der Waals surface area contributed by atoms with E-state index in [-0.39, 0.29) is 13.1 Å². The molecule has 94 valence electrons. The number of carboxylic acid groups (broad SMARTS) is 1. The van der Waals surface area contributed by atoms with Crippen molar-refractivity contribution in [2.45, 2.75) is 32.4 Å². The van der Waals surface area contributed by atoms with E-state index < -0.39 is 24.1 Å². The van der Waals surface area contributed by atoms with E-state index in [1.54, 1.807) is 6.92 Å². The van der Waals surface area contributed by atoms with Crippen molar-refractivity contribution >= 4 is 5.97 Å². The highest BCUT2D eigenvalue weighted by atomic mass is 19.4. The second-order valence-corrected chi connectivity index (χ2v) is 4.33. The smallest absolute Gasteiger partial charge is 0.401 e. The number of alkyl halides is 3. The lowest BCUT2D eigenvalue weighted by Gasteiger charge is -2.38. The fourth-order valence-electron chi connectivity index (χ4n) is 2.11. The molecule has 1 fully saturated rings. The maximum absolute atomic E-state index is 12.1. The van der Waals surface area contributed by atoms with Gasteiger partial charge in [-0.15, -0.1) is 0 Å². The summed E-state index contributed by atoms with van der Waals surface area (Å²) in [5.74, 6) is -0.887. The molecule has 0 radical (unpaired) electrons. The van der Waals surface area contributed by atoms with Crippen LogP contribution in [0.4, 0.5) is 13.2 Å². The second-order valence-electron chi connectivity index (χ2n) is 4.33. The number of aliphatic carboxylic acids is 1. The molecule has 16 heavy (non-hydrogen) atoms. The molecular weight excluding hydrogens is 223 g/mol. The molecule has 0 unspecified atom stereocenters. The highest BCUT2D eigenvalue weighted by Crippen LogP contribution is 2.35. The predicted octanol–water partition coefficient (Wildman–Crippen LogP) is 2.13. The third kappa shape index (κ3) is 3.10. The standard InChI is InChI=1S/C10H16F3NO2/c1-2-9(8(15)16)3-5-14(6-4-9)7-10(11,12)13/h2-7H2,1H3,(H,15,16). The lowest BCUT2D eigenvalue weighted by atomic mass is 9.76. The van der Waals surface area contributed by atoms with E-state index in [4.69, 9.17) is 5.11 Å². The van der Waals surface area contributed by atoms with Crippen LogP contribution in [0.2, 0.25) is 0 Å². The summed E-state index contributed by atoms with van der Waals surface area (Å²) < 4.78 is 36.3. The number of nitrogens with zero attached hydrogens (tertiary/aromatic N) is 1. The minimum Gasteiger partial charge on any atom is -0.481 e. The number of hydrogen-bond donors (Lipinski definition) is 1. The van der Waals surface area contributed by atoms with Crippen molar-refractivity contribution in [1.29, 1.82) is 0 Å². The molecule has 0 bridgehead atoms. The van der Waals surface area contributed by atoms with Crippen molar-refractivity contribution in [2.75, 3.05) is 19.6 Å². The fourth-order valence-corrected chi connectivity index (χ4v) is 2.11. The molecule has 0 spiro atoms. The SMILES string of the molecule is CCC1(C(=O)O)CCN(CC(F)(F)F)CC1. The molecule has 1 rings (SSSR count). The number of piperidine rings is 1. The number of likely N-dealkylation sites (tertiary alicyclic amines) is 1. The van der Waals surface area contributed by atoms with Gasteiger partial charge in [0.1, 0.15) is 0 Å². The Kier molecular flexibility index (Phi) is 3.83. The number of halogens is 3. The first-order chi connectivity index (χ1) is 7.29. The maximum atomic E-state index is 12.1. The van der Waals surface area contributed by atoms with E-state index in [9.17, 15) is 18.0 Å². The van der Waals surface area contributed by atoms with Crippen LogP contribution in [0.15, 0.2) is 0 Å². The summed E-state index contributed by atoms with van der Waals surface area (Å²) in [6, 6.07) is 0. The largest absolute Gasteiger partial charge is 0.481 e. The van der Waals surface area contributed by atoms with Crippen LogP contribution in [0.1, 0.15) is 26.2 Å². The first-order valence-electron chi connectivity index (χ1n) is 5.31. The third-order valence-electron chi connectivity index (χ3n) is 3.35. The van der Waals surface area contributed by atoms with E-state index in [1.807, 2.05) is 0 Å². The lowest BCUT2D eigenvalue weighted by molar-refractivity contribution is -0.160. The lowest BCUT2D eigenvalue weighted by Crippen LogP contribution is -2.46. The molecule has 1 aliphatic rings. The van der Waals surface area contributed by atoms with Gasteiger partial charge in [0.2, 0.25) is 0 Å². The van der Waals surface area contributed by atoms with Gasteiger partial charge in [-0.1, -0.05) is 6.92 Å². The van der Waals surface area contributed by atoms with Gasteiger partial charge >= 0.3 is 12.1 Å². The minimum atomic E-state index is -4.20. The number of rotatable bonds is 3. The van der Waals surface area contributed by atoms with Crippen molar-refractivity contribution in [3.05, 3.63) is 0 Å². The number of carboxylic acids is 1. The number of hydrogen-bond acceptors (Lipinski definition) is 2. The molecule has 0 aromatic rings. The van der Waals surface area contributed by atoms with Crippen LogP contribution in [0.25, 0.3) is 0 Å². The van der Waals surface area contributed by atoms with Crippen molar-refractivity contribution in [3.63, 3.8) is 0 Å². The van der Waals surface area contributed by atoms with E-state index in [1.165, 1.54) is 4.90 Å². The summed E-state index contributed by atoms with van der Waals surface area (Å²) in [7, 11) is 0. The molecule has 0 saturated carbocycles. The van der Waals surface area contributed by atoms with Gasteiger partial charge < -0.3 is 5.11 Å². The van der Waals surface area contributed by atoms with Gasteiger partial charge in [-0.2, -0.15) is 13.2 Å². The molecular formula is C10H16F3NO2. The molecule has 0 atom stereocenters. The van der Waals surface area contributed by atoms with Gasteiger partial charge in [-0.05, 0) is 32.4 Å². The Morgan fingerprint density at radius 1 is 1.38 bits per heavy atom. The van der Waals surface area contributed by atoms with E-state index in [0.29, 0.717) is 19.3 Å². The Hall–Kier alpha value is -0.780. The molecule has 1 aliphatic heterocycles. The summed E-state index contributed by atoms with van der Waals surface area (Å²) in [5, 5.41) is 9.07. The van der Waals surface area contributed by atoms with Gasteiger partial charge in [0, 0.05) is 0 Å². The Morgan fingerprint density at radius 3 is 2.19 bits per heavy atom. The van der Waals surface area contributed by atoms with E-state index in [0.717, 1.165) is 0 Å².